The minimum Gasteiger partial charge on any atom is -0.383 e. The normalized spacial score (nSPS) is 28.5. The van der Waals surface area contributed by atoms with Crippen LogP contribution >= 0.6 is 0 Å². The molecule has 2 rings (SSSR count). The Morgan fingerprint density at radius 1 is 1.35 bits per heavy atom. The number of likely N-dealkylation sites (N-methyl/N-ethyl adjacent to an activating group) is 1. The van der Waals surface area contributed by atoms with Gasteiger partial charge in [0, 0.05) is 13.6 Å². The van der Waals surface area contributed by atoms with Gasteiger partial charge in [-0.05, 0) is 30.4 Å². The summed E-state index contributed by atoms with van der Waals surface area (Å²) in [4.78, 5) is 39.4. The molecule has 0 saturated heterocycles. The molecule has 0 unspecified atom stereocenters. The summed E-state index contributed by atoms with van der Waals surface area (Å²) in [6.45, 7) is 3.71. The lowest BCUT2D eigenvalue weighted by Crippen LogP contribution is -2.51. The molecule has 0 aromatic heterocycles. The van der Waals surface area contributed by atoms with Crippen LogP contribution in [0.2, 0.25) is 0 Å². The van der Waals surface area contributed by atoms with Crippen LogP contribution in [0.4, 0.5) is 0 Å². The van der Waals surface area contributed by atoms with Crippen molar-refractivity contribution in [3.05, 3.63) is 35.3 Å². The minimum atomic E-state index is -2.73. The minimum absolute atomic E-state index is 0.0000890. The lowest BCUT2D eigenvalue weighted by molar-refractivity contribution is -0.137. The highest BCUT2D eigenvalue weighted by molar-refractivity contribution is 5.93. The number of amides is 3. The summed E-state index contributed by atoms with van der Waals surface area (Å²) in [6.07, 6.45) is -2.65. The number of nitrogens with zero attached hydrogens (tertiary/aromatic N) is 1. The number of rotatable bonds is 5. The monoisotopic (exact) mass is 368 g/mol. The second-order valence-corrected chi connectivity index (χ2v) is 6.28. The van der Waals surface area contributed by atoms with Crippen LogP contribution < -0.4 is 10.6 Å². The molecule has 7 nitrogen and oxygen atoms in total. The predicted octanol–water partition coefficient (Wildman–Crippen LogP) is 0.380. The quantitative estimate of drug-likeness (QED) is 0.700. The number of benzene rings is 1. The van der Waals surface area contributed by atoms with E-state index < -0.39 is 71.5 Å². The lowest BCUT2D eigenvalue weighted by atomic mass is 9.99. The first-order valence-electron chi connectivity index (χ1n) is 11.6. The van der Waals surface area contributed by atoms with Crippen LogP contribution in [0.1, 0.15) is 47.5 Å². The van der Waals surface area contributed by atoms with Gasteiger partial charge in [0.1, 0.15) is 18.1 Å². The third-order valence-corrected chi connectivity index (χ3v) is 3.93. The molecule has 7 heteroatoms. The van der Waals surface area contributed by atoms with E-state index in [1.165, 1.54) is 20.9 Å². The predicted molar refractivity (Wildman–Crippen MR) is 97.1 cm³/mol. The van der Waals surface area contributed by atoms with Crippen molar-refractivity contribution in [3.8, 4) is 0 Å². The van der Waals surface area contributed by atoms with E-state index in [1.807, 2.05) is 5.32 Å². The molecule has 142 valence electrons. The van der Waals surface area contributed by atoms with Gasteiger partial charge in [-0.1, -0.05) is 38.0 Å². The zero-order valence-corrected chi connectivity index (χ0v) is 15.1. The second kappa shape index (κ2) is 8.31. The average molecular weight is 368 g/mol. The second-order valence-electron chi connectivity index (χ2n) is 6.28. The number of nitrogens with one attached hydrogen (secondary N) is 2. The number of hydrogen-bond acceptors (Lipinski definition) is 4. The highest BCUT2D eigenvalue weighted by Gasteiger charge is 2.32. The standard InChI is InChI=1S/C19H27N3O4/c1-11(2)16(23)18(25)20-12(3)17(24)21-15-14-8-6-5-7-13(14)9-10-22(4)19(15)26/h5-8,11-12,15-16,23H,9-10H2,1-4H3,(H,20,25)(H,21,24)/t12-,15-,16-/m0/s1/i5D,6D,7D,8D,12D,15D,16D. The Hall–Kier alpha value is -2.41. The fourth-order valence-electron chi connectivity index (χ4n) is 2.29. The summed E-state index contributed by atoms with van der Waals surface area (Å²) >= 11 is 0. The van der Waals surface area contributed by atoms with Crippen molar-refractivity contribution >= 4 is 17.7 Å². The van der Waals surface area contributed by atoms with Crippen molar-refractivity contribution in [2.24, 2.45) is 5.92 Å². The summed E-state index contributed by atoms with van der Waals surface area (Å²) in [6, 6.07) is -7.63. The van der Waals surface area contributed by atoms with E-state index in [-0.39, 0.29) is 18.5 Å². The van der Waals surface area contributed by atoms with Crippen LogP contribution in [0, 0.1) is 5.92 Å². The van der Waals surface area contributed by atoms with Crippen molar-refractivity contribution in [1.29, 1.82) is 0 Å². The van der Waals surface area contributed by atoms with Gasteiger partial charge in [0.15, 0.2) is 0 Å². The zero-order valence-electron chi connectivity index (χ0n) is 22.1. The summed E-state index contributed by atoms with van der Waals surface area (Å²) in [7, 11) is 1.34. The third kappa shape index (κ3) is 4.40. The highest BCUT2D eigenvalue weighted by Crippen LogP contribution is 2.24. The van der Waals surface area contributed by atoms with Gasteiger partial charge in [0.05, 0.1) is 9.60 Å². The number of carbonyl (C=O) groups excluding carboxylic acids is 3. The van der Waals surface area contributed by atoms with E-state index in [0.717, 1.165) is 11.8 Å². The molecular formula is C19H27N3O4. The maximum absolute atomic E-state index is 13.1. The van der Waals surface area contributed by atoms with Gasteiger partial charge in [-0.2, -0.15) is 0 Å². The molecule has 0 fully saturated rings. The van der Waals surface area contributed by atoms with Crippen LogP contribution in [0.25, 0.3) is 0 Å². The first-order chi connectivity index (χ1) is 14.9. The first kappa shape index (κ1) is 12.1. The fraction of sp³-hybridized carbons (Fsp3) is 0.526. The number of hydrogen-bond donors (Lipinski definition) is 3. The van der Waals surface area contributed by atoms with E-state index in [2.05, 4.69) is 5.32 Å². The molecule has 1 heterocycles. The topological polar surface area (TPSA) is 98.7 Å². The van der Waals surface area contributed by atoms with Gasteiger partial charge in [0.2, 0.25) is 17.7 Å². The molecule has 0 spiro atoms. The SMILES string of the molecule is [2H]c1c([2H])c([2H])c2c(c1[2H])CCN(C)C(=O)[C@@]2([2H])NC(=O)[C@]([2H])(C)NC(=O)[C@@]([2H])(O)C(C)C. The summed E-state index contributed by atoms with van der Waals surface area (Å²) < 4.78 is 57.0. The summed E-state index contributed by atoms with van der Waals surface area (Å²) in [5, 5.41) is 14.0. The van der Waals surface area contributed by atoms with Crippen LogP contribution in [-0.4, -0.2) is 53.4 Å². The molecule has 3 atom stereocenters. The fourth-order valence-corrected chi connectivity index (χ4v) is 2.29. The Kier molecular flexibility index (Phi) is 3.86. The van der Waals surface area contributed by atoms with Crippen molar-refractivity contribution in [1.82, 2.24) is 15.5 Å². The molecule has 1 aromatic carbocycles. The summed E-state index contributed by atoms with van der Waals surface area (Å²) in [5.74, 6) is -4.57. The lowest BCUT2D eigenvalue weighted by Gasteiger charge is -2.24. The maximum atomic E-state index is 13.1. The van der Waals surface area contributed by atoms with Gasteiger partial charge in [0.25, 0.3) is 0 Å². The summed E-state index contributed by atoms with van der Waals surface area (Å²) in [5.41, 5.74) is -0.470. The van der Waals surface area contributed by atoms with Gasteiger partial charge < -0.3 is 20.6 Å². The van der Waals surface area contributed by atoms with Crippen LogP contribution in [-0.2, 0) is 20.8 Å². The molecular weight excluding hydrogens is 334 g/mol. The Morgan fingerprint density at radius 2 is 2.00 bits per heavy atom. The van der Waals surface area contributed by atoms with E-state index in [0.29, 0.717) is 0 Å². The van der Waals surface area contributed by atoms with E-state index in [4.69, 9.17) is 9.60 Å². The Bertz CT molecular complexity index is 1020. The Labute approximate surface area is 163 Å². The van der Waals surface area contributed by atoms with Crippen LogP contribution in [0.3, 0.4) is 0 Å². The van der Waals surface area contributed by atoms with Gasteiger partial charge in [-0.3, -0.25) is 14.4 Å². The Morgan fingerprint density at radius 3 is 2.65 bits per heavy atom. The van der Waals surface area contributed by atoms with Crippen molar-refractivity contribution < 1.29 is 29.1 Å². The Balaban J connectivity index is 2.56. The van der Waals surface area contributed by atoms with E-state index >= 15 is 0 Å². The molecule has 3 N–H and O–H groups in total. The average Bonchev–Trinajstić information content (AvgIpc) is 2.80. The molecule has 0 saturated carbocycles. The van der Waals surface area contributed by atoms with Gasteiger partial charge in [-0.25, -0.2) is 0 Å². The number of fused-ring (bicyclic) bond motifs is 1. The van der Waals surface area contributed by atoms with Crippen molar-refractivity contribution in [3.63, 3.8) is 0 Å². The van der Waals surface area contributed by atoms with Gasteiger partial charge in [-0.15, -0.1) is 0 Å². The molecule has 1 aliphatic heterocycles. The maximum Gasteiger partial charge on any atom is 0.249 e. The van der Waals surface area contributed by atoms with Gasteiger partial charge >= 0.3 is 0 Å². The van der Waals surface area contributed by atoms with Crippen molar-refractivity contribution in [2.75, 3.05) is 13.6 Å². The largest absolute Gasteiger partial charge is 0.383 e. The molecule has 0 radical (unpaired) electrons. The van der Waals surface area contributed by atoms with Crippen molar-refractivity contribution in [2.45, 2.75) is 45.3 Å². The smallest absolute Gasteiger partial charge is 0.249 e. The van der Waals surface area contributed by atoms with E-state index in [1.54, 1.807) is 0 Å². The van der Waals surface area contributed by atoms with Crippen LogP contribution in [0.5, 0.6) is 0 Å². The van der Waals surface area contributed by atoms with Crippen LogP contribution in [0.15, 0.2) is 24.2 Å². The molecule has 1 aliphatic rings. The molecule has 0 aliphatic carbocycles. The number of aliphatic hydroxyl groups is 1. The highest BCUT2D eigenvalue weighted by atomic mass is 16.3. The molecule has 0 bridgehead atoms. The zero-order chi connectivity index (χ0) is 25.7. The molecule has 3 amide bonds. The third-order valence-electron chi connectivity index (χ3n) is 3.93. The molecule has 26 heavy (non-hydrogen) atoms. The van der Waals surface area contributed by atoms with E-state index in [9.17, 15) is 19.5 Å². The first-order valence-corrected chi connectivity index (χ1v) is 8.12. The molecule has 1 aromatic rings. The number of carbonyl (C=O) groups is 3.